The smallest absolute Gasteiger partial charge is 0.270 e. The summed E-state index contributed by atoms with van der Waals surface area (Å²) in [4.78, 5) is 18.7. The summed E-state index contributed by atoms with van der Waals surface area (Å²) in [5, 5.41) is 35.6. The average molecular weight is 385 g/mol. The van der Waals surface area contributed by atoms with Crippen LogP contribution in [0.4, 0.5) is 11.4 Å². The Balaban J connectivity index is 0.000000640. The van der Waals surface area contributed by atoms with E-state index in [9.17, 15) is 15.2 Å². The third-order valence-corrected chi connectivity index (χ3v) is 4.58. The van der Waals surface area contributed by atoms with Gasteiger partial charge in [0.15, 0.2) is 5.71 Å². The van der Waals surface area contributed by atoms with E-state index in [-0.39, 0.29) is 16.9 Å². The number of non-ortho nitro benzene ring substituents is 1. The SMILES string of the molecule is C[N+]1=C(/C=C/c2cc([N+](=O)[O-])ccc2O)C(C)(C)c2ccccc21.O=[N+]([O-])[O-]. The third kappa shape index (κ3) is 4.14. The Hall–Kier alpha value is -3.75. The van der Waals surface area contributed by atoms with Crippen molar-refractivity contribution in [2.45, 2.75) is 19.3 Å². The zero-order chi connectivity index (χ0) is 21.1. The molecule has 0 atom stereocenters. The van der Waals surface area contributed by atoms with E-state index in [1.807, 2.05) is 25.3 Å². The van der Waals surface area contributed by atoms with Gasteiger partial charge in [0.05, 0.1) is 15.4 Å². The first-order valence-corrected chi connectivity index (χ1v) is 8.23. The van der Waals surface area contributed by atoms with Gasteiger partial charge in [0, 0.05) is 35.4 Å². The maximum atomic E-state index is 10.9. The standard InChI is InChI=1S/C19H18N2O3.NO3/c1-19(2)15-6-4-5-7-16(15)20(3)18(19)11-8-13-12-14(21(23)24)9-10-17(13)22;2-1(3)4/h4-12H,1-3H3;/q;-1/p+1. The van der Waals surface area contributed by atoms with Gasteiger partial charge < -0.3 is 20.4 Å². The number of nitro benzene ring substituents is 1. The molecule has 2 aromatic carbocycles. The van der Waals surface area contributed by atoms with Gasteiger partial charge in [-0.25, -0.2) is 0 Å². The molecule has 0 unspecified atom stereocenters. The Kier molecular flexibility index (Phi) is 5.78. The van der Waals surface area contributed by atoms with Crippen LogP contribution in [0.5, 0.6) is 5.75 Å². The van der Waals surface area contributed by atoms with Crippen molar-refractivity contribution < 1.29 is 19.7 Å². The van der Waals surface area contributed by atoms with Gasteiger partial charge in [-0.3, -0.25) is 10.1 Å². The number of aromatic hydroxyl groups is 1. The minimum atomic E-state index is -1.75. The number of benzene rings is 2. The van der Waals surface area contributed by atoms with E-state index in [0.29, 0.717) is 5.56 Å². The molecule has 0 spiro atoms. The first kappa shape index (κ1) is 20.6. The lowest BCUT2D eigenvalue weighted by Gasteiger charge is -2.15. The lowest BCUT2D eigenvalue weighted by atomic mass is 9.81. The van der Waals surface area contributed by atoms with Crippen LogP contribution in [0, 0.1) is 25.4 Å². The Bertz CT molecular complexity index is 991. The number of para-hydroxylation sites is 1. The molecule has 2 aromatic rings. The van der Waals surface area contributed by atoms with Crippen LogP contribution in [0.1, 0.15) is 25.0 Å². The lowest BCUT2D eigenvalue weighted by Crippen LogP contribution is -2.26. The second kappa shape index (κ2) is 7.87. The maximum Gasteiger partial charge on any atom is 0.270 e. The normalized spacial score (nSPS) is 14.4. The molecular weight excluding hydrogens is 366 g/mol. The molecule has 28 heavy (non-hydrogen) atoms. The second-order valence-corrected chi connectivity index (χ2v) is 6.64. The fraction of sp³-hybridized carbons (Fsp3) is 0.211. The van der Waals surface area contributed by atoms with Crippen LogP contribution in [0.2, 0.25) is 0 Å². The summed E-state index contributed by atoms with van der Waals surface area (Å²) < 4.78 is 2.11. The third-order valence-electron chi connectivity index (χ3n) is 4.58. The van der Waals surface area contributed by atoms with Gasteiger partial charge in [0.1, 0.15) is 12.8 Å². The molecule has 1 heterocycles. The maximum absolute atomic E-state index is 10.9. The zero-order valence-electron chi connectivity index (χ0n) is 15.5. The number of allylic oxidation sites excluding steroid dienone is 1. The van der Waals surface area contributed by atoms with E-state index in [4.69, 9.17) is 15.3 Å². The molecule has 146 valence electrons. The molecule has 0 saturated heterocycles. The highest BCUT2D eigenvalue weighted by Crippen LogP contribution is 2.39. The molecule has 0 aliphatic carbocycles. The zero-order valence-corrected chi connectivity index (χ0v) is 15.5. The van der Waals surface area contributed by atoms with Gasteiger partial charge in [-0.05, 0) is 26.0 Å². The molecule has 1 aliphatic heterocycles. The summed E-state index contributed by atoms with van der Waals surface area (Å²) in [6.07, 6.45) is 3.64. The predicted molar refractivity (Wildman–Crippen MR) is 104 cm³/mol. The first-order valence-electron chi connectivity index (χ1n) is 8.23. The number of hydrogen-bond donors (Lipinski definition) is 1. The summed E-state index contributed by atoms with van der Waals surface area (Å²) in [5.41, 5.74) is 3.64. The Morgan fingerprint density at radius 1 is 1.04 bits per heavy atom. The molecule has 9 nitrogen and oxygen atoms in total. The molecule has 1 N–H and O–H groups in total. The van der Waals surface area contributed by atoms with Crippen LogP contribution in [0.15, 0.2) is 48.5 Å². The van der Waals surface area contributed by atoms with Crippen LogP contribution < -0.4 is 0 Å². The topological polar surface area (TPSA) is 133 Å². The molecule has 1 aliphatic rings. The van der Waals surface area contributed by atoms with Crippen LogP contribution in [-0.4, -0.2) is 32.5 Å². The summed E-state index contributed by atoms with van der Waals surface area (Å²) in [6.45, 7) is 4.28. The highest BCUT2D eigenvalue weighted by Gasteiger charge is 2.42. The van der Waals surface area contributed by atoms with Crippen molar-refractivity contribution in [2.24, 2.45) is 0 Å². The summed E-state index contributed by atoms with van der Waals surface area (Å²) in [5.74, 6) is 0.0217. The van der Waals surface area contributed by atoms with Crippen molar-refractivity contribution in [3.8, 4) is 5.75 Å². The molecule has 0 fully saturated rings. The van der Waals surface area contributed by atoms with Crippen LogP contribution in [0.25, 0.3) is 6.08 Å². The fourth-order valence-electron chi connectivity index (χ4n) is 3.26. The number of nitrogens with zero attached hydrogens (tertiary/aromatic N) is 3. The van der Waals surface area contributed by atoms with Gasteiger partial charge in [-0.2, -0.15) is 4.58 Å². The van der Waals surface area contributed by atoms with Gasteiger partial charge in [-0.1, -0.05) is 18.2 Å². The van der Waals surface area contributed by atoms with E-state index >= 15 is 0 Å². The lowest BCUT2D eigenvalue weighted by molar-refractivity contribution is -0.402. The Labute approximate surface area is 160 Å². The van der Waals surface area contributed by atoms with E-state index in [1.165, 1.54) is 23.8 Å². The van der Waals surface area contributed by atoms with Crippen LogP contribution in [-0.2, 0) is 5.41 Å². The minimum Gasteiger partial charge on any atom is -0.507 e. The van der Waals surface area contributed by atoms with E-state index in [2.05, 4.69) is 30.6 Å². The summed E-state index contributed by atoms with van der Waals surface area (Å²) in [7, 11) is 2.00. The first-order chi connectivity index (χ1) is 13.1. The average Bonchev–Trinajstić information content (AvgIpc) is 2.80. The van der Waals surface area contributed by atoms with E-state index < -0.39 is 10.0 Å². The van der Waals surface area contributed by atoms with Crippen molar-refractivity contribution in [3.05, 3.63) is 85.1 Å². The summed E-state index contributed by atoms with van der Waals surface area (Å²) >= 11 is 0. The second-order valence-electron chi connectivity index (χ2n) is 6.64. The van der Waals surface area contributed by atoms with Crippen molar-refractivity contribution in [2.75, 3.05) is 7.05 Å². The fourth-order valence-corrected chi connectivity index (χ4v) is 3.26. The molecule has 3 rings (SSSR count). The number of rotatable bonds is 3. The molecule has 0 amide bonds. The molecular formula is C19H19N3O6. The van der Waals surface area contributed by atoms with Gasteiger partial charge in [0.2, 0.25) is 5.69 Å². The highest BCUT2D eigenvalue weighted by molar-refractivity contribution is 6.05. The number of fused-ring (bicyclic) bond motifs is 1. The van der Waals surface area contributed by atoms with Crippen molar-refractivity contribution in [1.82, 2.24) is 0 Å². The number of phenolic OH excluding ortho intramolecular Hbond substituents is 1. The Morgan fingerprint density at radius 3 is 2.21 bits per heavy atom. The predicted octanol–water partition coefficient (Wildman–Crippen LogP) is 3.78. The van der Waals surface area contributed by atoms with Crippen molar-refractivity contribution >= 4 is 23.2 Å². The molecule has 0 bridgehead atoms. The number of hydrogen-bond acceptors (Lipinski definition) is 6. The molecule has 0 aromatic heterocycles. The summed E-state index contributed by atoms with van der Waals surface area (Å²) in [6, 6.07) is 12.2. The van der Waals surface area contributed by atoms with E-state index in [0.717, 1.165) is 11.4 Å². The van der Waals surface area contributed by atoms with Gasteiger partial charge >= 0.3 is 0 Å². The quantitative estimate of drug-likeness (QED) is 0.486. The van der Waals surface area contributed by atoms with Gasteiger partial charge in [0.25, 0.3) is 5.69 Å². The van der Waals surface area contributed by atoms with E-state index in [1.54, 1.807) is 6.08 Å². The minimum absolute atomic E-state index is 0.0217. The van der Waals surface area contributed by atoms with Gasteiger partial charge in [-0.15, -0.1) is 0 Å². The number of phenols is 1. The molecule has 9 heteroatoms. The Morgan fingerprint density at radius 2 is 1.64 bits per heavy atom. The highest BCUT2D eigenvalue weighted by atomic mass is 16.9. The van der Waals surface area contributed by atoms with Crippen molar-refractivity contribution in [1.29, 1.82) is 0 Å². The van der Waals surface area contributed by atoms with Crippen LogP contribution >= 0.6 is 0 Å². The molecule has 0 radical (unpaired) electrons. The monoisotopic (exact) mass is 385 g/mol. The van der Waals surface area contributed by atoms with Crippen LogP contribution in [0.3, 0.4) is 0 Å². The number of nitro groups is 1. The largest absolute Gasteiger partial charge is 0.507 e. The van der Waals surface area contributed by atoms with Crippen molar-refractivity contribution in [3.63, 3.8) is 0 Å². The molecule has 0 saturated carbocycles.